The van der Waals surface area contributed by atoms with Crippen molar-refractivity contribution < 1.29 is 23.5 Å². The zero-order valence-electron chi connectivity index (χ0n) is 15.9. The summed E-state index contributed by atoms with van der Waals surface area (Å²) in [4.78, 5) is 30.5. The Balaban J connectivity index is 2.05. The minimum Gasteiger partial charge on any atom is -0.446 e. The number of benzene rings is 1. The van der Waals surface area contributed by atoms with Gasteiger partial charge in [0.15, 0.2) is 5.69 Å². The number of hydrogen-bond donors (Lipinski definition) is 1. The first-order chi connectivity index (χ1) is 13.6. The molecule has 1 aromatic heterocycles. The van der Waals surface area contributed by atoms with Gasteiger partial charge in [0.1, 0.15) is 11.6 Å². The highest BCUT2D eigenvalue weighted by Crippen LogP contribution is 2.23. The molecule has 152 valence electrons. The van der Waals surface area contributed by atoms with Gasteiger partial charge in [-0.2, -0.15) is 0 Å². The standard InChI is InChI=1S/C19H24ClN3O5/c1-26-10-8-21-18(24)15-13-28-16(22-15)12-23(9-11-27-2)19(25)17(20)14-6-4-3-5-7-14/h3-7,13,17H,8-12H2,1-2H3,(H,21,24)/t17-/m0/s1. The van der Waals surface area contributed by atoms with Crippen LogP contribution in [0.1, 0.15) is 27.3 Å². The predicted molar refractivity (Wildman–Crippen MR) is 103 cm³/mol. The molecule has 1 aromatic carbocycles. The van der Waals surface area contributed by atoms with Gasteiger partial charge < -0.3 is 24.1 Å². The van der Waals surface area contributed by atoms with Gasteiger partial charge in [-0.25, -0.2) is 4.98 Å². The van der Waals surface area contributed by atoms with Gasteiger partial charge in [0.25, 0.3) is 5.91 Å². The van der Waals surface area contributed by atoms with E-state index in [1.807, 2.05) is 18.2 Å². The van der Waals surface area contributed by atoms with Crippen molar-refractivity contribution in [2.24, 2.45) is 0 Å². The summed E-state index contributed by atoms with van der Waals surface area (Å²) >= 11 is 6.36. The average molecular weight is 410 g/mol. The Bertz CT molecular complexity index is 753. The Hall–Kier alpha value is -2.42. The number of ether oxygens (including phenoxy) is 2. The monoisotopic (exact) mass is 409 g/mol. The van der Waals surface area contributed by atoms with Crippen molar-refractivity contribution in [2.75, 3.05) is 40.5 Å². The highest BCUT2D eigenvalue weighted by atomic mass is 35.5. The van der Waals surface area contributed by atoms with Gasteiger partial charge in [0.2, 0.25) is 11.8 Å². The molecular weight excluding hydrogens is 386 g/mol. The van der Waals surface area contributed by atoms with Crippen LogP contribution in [0.5, 0.6) is 0 Å². The Labute approximate surface area is 168 Å². The van der Waals surface area contributed by atoms with Crippen LogP contribution in [0.4, 0.5) is 0 Å². The van der Waals surface area contributed by atoms with Crippen LogP contribution in [0.25, 0.3) is 0 Å². The van der Waals surface area contributed by atoms with Crippen molar-refractivity contribution in [3.05, 3.63) is 53.7 Å². The number of aromatic nitrogens is 1. The maximum Gasteiger partial charge on any atom is 0.273 e. The number of carbonyl (C=O) groups is 2. The third-order valence-electron chi connectivity index (χ3n) is 3.89. The Morgan fingerprint density at radius 1 is 1.21 bits per heavy atom. The van der Waals surface area contributed by atoms with E-state index in [4.69, 9.17) is 25.5 Å². The molecule has 2 aromatic rings. The molecule has 9 heteroatoms. The van der Waals surface area contributed by atoms with E-state index in [1.165, 1.54) is 11.2 Å². The number of nitrogens with zero attached hydrogens (tertiary/aromatic N) is 2. The number of carbonyl (C=O) groups excluding carboxylic acids is 2. The van der Waals surface area contributed by atoms with Crippen molar-refractivity contribution in [3.8, 4) is 0 Å². The van der Waals surface area contributed by atoms with Gasteiger partial charge >= 0.3 is 0 Å². The molecule has 0 aliphatic rings. The number of halogens is 1. The van der Waals surface area contributed by atoms with Crippen molar-refractivity contribution in [1.29, 1.82) is 0 Å². The quantitative estimate of drug-likeness (QED) is 0.450. The van der Waals surface area contributed by atoms with E-state index in [0.29, 0.717) is 31.9 Å². The molecular formula is C19H24ClN3O5. The topological polar surface area (TPSA) is 93.9 Å². The molecule has 1 N–H and O–H groups in total. The van der Waals surface area contributed by atoms with E-state index in [-0.39, 0.29) is 29.9 Å². The van der Waals surface area contributed by atoms with Crippen LogP contribution in [-0.4, -0.2) is 62.2 Å². The molecule has 0 bridgehead atoms. The number of alkyl halides is 1. The largest absolute Gasteiger partial charge is 0.446 e. The fraction of sp³-hybridized carbons (Fsp3) is 0.421. The highest BCUT2D eigenvalue weighted by molar-refractivity contribution is 6.30. The average Bonchev–Trinajstić information content (AvgIpc) is 3.19. The third-order valence-corrected chi connectivity index (χ3v) is 4.33. The molecule has 2 amide bonds. The normalized spacial score (nSPS) is 11.8. The van der Waals surface area contributed by atoms with Gasteiger partial charge in [0, 0.05) is 27.3 Å². The van der Waals surface area contributed by atoms with Crippen LogP contribution in [0.2, 0.25) is 0 Å². The number of nitrogens with one attached hydrogen (secondary N) is 1. The van der Waals surface area contributed by atoms with Crippen LogP contribution in [0, 0.1) is 0 Å². The molecule has 0 saturated carbocycles. The van der Waals surface area contributed by atoms with E-state index in [1.54, 1.807) is 26.4 Å². The Kier molecular flexibility index (Phi) is 8.93. The van der Waals surface area contributed by atoms with Gasteiger partial charge in [0.05, 0.1) is 19.8 Å². The lowest BCUT2D eigenvalue weighted by Gasteiger charge is -2.23. The zero-order valence-corrected chi connectivity index (χ0v) is 16.6. The molecule has 0 spiro atoms. The first-order valence-corrected chi connectivity index (χ1v) is 9.18. The van der Waals surface area contributed by atoms with Crippen molar-refractivity contribution in [2.45, 2.75) is 11.9 Å². The summed E-state index contributed by atoms with van der Waals surface area (Å²) in [6.45, 7) is 1.47. The van der Waals surface area contributed by atoms with Crippen molar-refractivity contribution in [1.82, 2.24) is 15.2 Å². The Morgan fingerprint density at radius 3 is 2.61 bits per heavy atom. The molecule has 28 heavy (non-hydrogen) atoms. The van der Waals surface area contributed by atoms with Gasteiger partial charge in [-0.1, -0.05) is 30.3 Å². The first-order valence-electron chi connectivity index (χ1n) is 8.75. The molecule has 0 aliphatic carbocycles. The summed E-state index contributed by atoms with van der Waals surface area (Å²) in [5.74, 6) is -0.436. The van der Waals surface area contributed by atoms with Gasteiger partial charge in [-0.15, -0.1) is 11.6 Å². The van der Waals surface area contributed by atoms with Crippen LogP contribution in [-0.2, 0) is 20.8 Å². The van der Waals surface area contributed by atoms with Gasteiger partial charge in [-0.05, 0) is 5.56 Å². The molecule has 2 rings (SSSR count). The van der Waals surface area contributed by atoms with Crippen LogP contribution in [0.15, 0.2) is 41.0 Å². The van der Waals surface area contributed by atoms with E-state index < -0.39 is 5.38 Å². The summed E-state index contributed by atoms with van der Waals surface area (Å²) in [6, 6.07) is 9.07. The minimum absolute atomic E-state index is 0.0730. The molecule has 1 heterocycles. The Morgan fingerprint density at radius 2 is 1.93 bits per heavy atom. The lowest BCUT2D eigenvalue weighted by Crippen LogP contribution is -2.36. The zero-order chi connectivity index (χ0) is 20.4. The second kappa shape index (κ2) is 11.4. The summed E-state index contributed by atoms with van der Waals surface area (Å²) < 4.78 is 15.3. The number of oxazole rings is 1. The van der Waals surface area contributed by atoms with Crippen LogP contribution >= 0.6 is 11.6 Å². The maximum atomic E-state index is 12.8. The number of hydrogen-bond acceptors (Lipinski definition) is 6. The summed E-state index contributed by atoms with van der Waals surface area (Å²) in [6.07, 6.45) is 1.26. The molecule has 0 saturated heterocycles. The van der Waals surface area contributed by atoms with E-state index in [9.17, 15) is 9.59 Å². The molecule has 0 fully saturated rings. The highest BCUT2D eigenvalue weighted by Gasteiger charge is 2.25. The first kappa shape index (κ1) is 21.9. The summed E-state index contributed by atoms with van der Waals surface area (Å²) in [5.41, 5.74) is 0.831. The van der Waals surface area contributed by atoms with Crippen molar-refractivity contribution in [3.63, 3.8) is 0 Å². The molecule has 0 unspecified atom stereocenters. The SMILES string of the molecule is COCCNC(=O)c1coc(CN(CCOC)C(=O)[C@@H](Cl)c2ccccc2)n1. The number of amides is 2. The smallest absolute Gasteiger partial charge is 0.273 e. The fourth-order valence-electron chi connectivity index (χ4n) is 2.40. The van der Waals surface area contributed by atoms with Crippen LogP contribution < -0.4 is 5.32 Å². The van der Waals surface area contributed by atoms with E-state index in [2.05, 4.69) is 10.3 Å². The maximum absolute atomic E-state index is 12.8. The second-order valence-electron chi connectivity index (χ2n) is 5.90. The number of rotatable bonds is 11. The second-order valence-corrected chi connectivity index (χ2v) is 6.34. The van der Waals surface area contributed by atoms with E-state index in [0.717, 1.165) is 0 Å². The molecule has 1 atom stereocenters. The molecule has 0 aliphatic heterocycles. The van der Waals surface area contributed by atoms with Crippen molar-refractivity contribution >= 4 is 23.4 Å². The fourth-order valence-corrected chi connectivity index (χ4v) is 2.69. The van der Waals surface area contributed by atoms with Crippen LogP contribution in [0.3, 0.4) is 0 Å². The predicted octanol–water partition coefficient (Wildman–Crippen LogP) is 2.01. The lowest BCUT2D eigenvalue weighted by molar-refractivity contribution is -0.132. The van der Waals surface area contributed by atoms with Gasteiger partial charge in [-0.3, -0.25) is 9.59 Å². The summed E-state index contributed by atoms with van der Waals surface area (Å²) in [7, 11) is 3.09. The third kappa shape index (κ3) is 6.33. The molecule has 0 radical (unpaired) electrons. The lowest BCUT2D eigenvalue weighted by atomic mass is 10.1. The molecule has 8 nitrogen and oxygen atoms in total. The number of methoxy groups -OCH3 is 2. The summed E-state index contributed by atoms with van der Waals surface area (Å²) in [5, 5.41) is 1.81. The minimum atomic E-state index is -0.843. The van der Waals surface area contributed by atoms with E-state index >= 15 is 0 Å².